The standard InChI is InChI=1S/C13H12Cl2N4O4/c1-7(18-6-11(19(21)22)13(17-18)23-2)12(20)16-8-3-4-9(14)10(15)5-8/h3-7H,1-2H3,(H,16,20). The van der Waals surface area contributed by atoms with E-state index in [0.29, 0.717) is 15.7 Å². The summed E-state index contributed by atoms with van der Waals surface area (Å²) in [4.78, 5) is 22.5. The van der Waals surface area contributed by atoms with Crippen LogP contribution in [0.4, 0.5) is 11.4 Å². The lowest BCUT2D eigenvalue weighted by molar-refractivity contribution is -0.385. The van der Waals surface area contributed by atoms with Crippen molar-refractivity contribution in [1.29, 1.82) is 0 Å². The van der Waals surface area contributed by atoms with E-state index in [-0.39, 0.29) is 11.6 Å². The second-order valence-corrected chi connectivity index (χ2v) is 5.37. The average Bonchev–Trinajstić information content (AvgIpc) is 2.94. The number of hydrogen-bond donors (Lipinski definition) is 1. The van der Waals surface area contributed by atoms with Gasteiger partial charge in [0.25, 0.3) is 0 Å². The van der Waals surface area contributed by atoms with Crippen molar-refractivity contribution in [3.8, 4) is 5.88 Å². The molecule has 2 aromatic rings. The highest BCUT2D eigenvalue weighted by Crippen LogP contribution is 2.27. The van der Waals surface area contributed by atoms with Gasteiger partial charge < -0.3 is 10.1 Å². The number of nitrogens with zero attached hydrogens (tertiary/aromatic N) is 3. The van der Waals surface area contributed by atoms with E-state index in [1.165, 1.54) is 13.2 Å². The van der Waals surface area contributed by atoms with Crippen molar-refractivity contribution in [2.45, 2.75) is 13.0 Å². The number of methoxy groups -OCH3 is 1. The Balaban J connectivity index is 2.19. The largest absolute Gasteiger partial charge is 0.475 e. The zero-order valence-corrected chi connectivity index (χ0v) is 13.6. The molecule has 23 heavy (non-hydrogen) atoms. The molecule has 0 radical (unpaired) electrons. The summed E-state index contributed by atoms with van der Waals surface area (Å²) in [5, 5.41) is 18.1. The molecule has 0 aliphatic rings. The van der Waals surface area contributed by atoms with Gasteiger partial charge in [-0.1, -0.05) is 23.2 Å². The van der Waals surface area contributed by atoms with Crippen molar-refractivity contribution in [3.05, 3.63) is 44.6 Å². The van der Waals surface area contributed by atoms with Crippen LogP contribution in [0, 0.1) is 10.1 Å². The van der Waals surface area contributed by atoms with Gasteiger partial charge in [-0.15, -0.1) is 5.10 Å². The van der Waals surface area contributed by atoms with Gasteiger partial charge in [-0.3, -0.25) is 14.9 Å². The van der Waals surface area contributed by atoms with Gasteiger partial charge in [-0.2, -0.15) is 0 Å². The van der Waals surface area contributed by atoms with Gasteiger partial charge in [0.2, 0.25) is 5.91 Å². The summed E-state index contributed by atoms with van der Waals surface area (Å²) in [6.45, 7) is 1.54. The van der Waals surface area contributed by atoms with Crippen molar-refractivity contribution in [1.82, 2.24) is 9.78 Å². The van der Waals surface area contributed by atoms with Crippen molar-refractivity contribution < 1.29 is 14.5 Å². The topological polar surface area (TPSA) is 99.3 Å². The molecular formula is C13H12Cl2N4O4. The minimum atomic E-state index is -0.799. The molecule has 1 aromatic carbocycles. The molecule has 1 heterocycles. The third kappa shape index (κ3) is 3.72. The SMILES string of the molecule is COc1nn(C(C)C(=O)Nc2ccc(Cl)c(Cl)c2)cc1[N+](=O)[O-]. The Morgan fingerprint density at radius 3 is 2.65 bits per heavy atom. The minimum Gasteiger partial charge on any atom is -0.475 e. The number of rotatable bonds is 5. The zero-order valence-electron chi connectivity index (χ0n) is 12.1. The number of nitro groups is 1. The molecule has 1 aromatic heterocycles. The Kier molecular flexibility index (Phi) is 5.07. The fourth-order valence-electron chi connectivity index (χ4n) is 1.78. The molecular weight excluding hydrogens is 347 g/mol. The molecule has 0 aliphatic heterocycles. The fraction of sp³-hybridized carbons (Fsp3) is 0.231. The first-order chi connectivity index (χ1) is 10.8. The third-order valence-corrected chi connectivity index (χ3v) is 3.77. The Morgan fingerprint density at radius 2 is 2.13 bits per heavy atom. The second-order valence-electron chi connectivity index (χ2n) is 4.55. The van der Waals surface area contributed by atoms with Crippen molar-refractivity contribution >= 4 is 40.5 Å². The van der Waals surface area contributed by atoms with E-state index >= 15 is 0 Å². The number of anilines is 1. The van der Waals surface area contributed by atoms with Crippen molar-refractivity contribution in [3.63, 3.8) is 0 Å². The quantitative estimate of drug-likeness (QED) is 0.652. The monoisotopic (exact) mass is 358 g/mol. The third-order valence-electron chi connectivity index (χ3n) is 3.03. The van der Waals surface area contributed by atoms with E-state index in [0.717, 1.165) is 10.9 Å². The number of halogens is 2. The van der Waals surface area contributed by atoms with E-state index in [2.05, 4.69) is 10.4 Å². The molecule has 10 heteroatoms. The summed E-state index contributed by atoms with van der Waals surface area (Å²) in [5.41, 5.74) is 0.131. The van der Waals surface area contributed by atoms with Crippen molar-refractivity contribution in [2.24, 2.45) is 0 Å². The molecule has 0 saturated carbocycles. The average molecular weight is 359 g/mol. The zero-order chi connectivity index (χ0) is 17.1. The number of ether oxygens (including phenoxy) is 1. The minimum absolute atomic E-state index is 0.163. The second kappa shape index (κ2) is 6.84. The first kappa shape index (κ1) is 17.0. The maximum atomic E-state index is 12.2. The van der Waals surface area contributed by atoms with E-state index in [4.69, 9.17) is 27.9 Å². The molecule has 1 unspecified atom stereocenters. The van der Waals surface area contributed by atoms with Crippen LogP contribution in [0.5, 0.6) is 5.88 Å². The van der Waals surface area contributed by atoms with E-state index < -0.39 is 16.9 Å². The first-order valence-electron chi connectivity index (χ1n) is 6.37. The van der Waals surface area contributed by atoms with Gasteiger partial charge in [0, 0.05) is 5.69 Å². The van der Waals surface area contributed by atoms with E-state index in [1.54, 1.807) is 19.1 Å². The Bertz CT molecular complexity index is 762. The van der Waals surface area contributed by atoms with Gasteiger partial charge in [-0.05, 0) is 25.1 Å². The smallest absolute Gasteiger partial charge is 0.350 e. The molecule has 122 valence electrons. The summed E-state index contributed by atoms with van der Waals surface area (Å²) >= 11 is 11.7. The Hall–Kier alpha value is -2.32. The molecule has 2 rings (SSSR count). The Morgan fingerprint density at radius 1 is 1.43 bits per heavy atom. The summed E-state index contributed by atoms with van der Waals surface area (Å²) < 4.78 is 5.98. The molecule has 0 bridgehead atoms. The summed E-state index contributed by atoms with van der Waals surface area (Å²) in [5.74, 6) is -0.590. The molecule has 0 spiro atoms. The maximum absolute atomic E-state index is 12.2. The summed E-state index contributed by atoms with van der Waals surface area (Å²) in [7, 11) is 1.26. The van der Waals surface area contributed by atoms with Crippen molar-refractivity contribution in [2.75, 3.05) is 12.4 Å². The summed E-state index contributed by atoms with van der Waals surface area (Å²) in [6.07, 6.45) is 1.14. The number of amides is 1. The molecule has 0 aliphatic carbocycles. The van der Waals surface area contributed by atoms with Gasteiger partial charge in [0.15, 0.2) is 0 Å². The lowest BCUT2D eigenvalue weighted by Gasteiger charge is -2.12. The molecule has 0 saturated heterocycles. The molecule has 8 nitrogen and oxygen atoms in total. The normalized spacial score (nSPS) is 11.8. The predicted molar refractivity (Wildman–Crippen MR) is 85.2 cm³/mol. The molecule has 0 fully saturated rings. The fourth-order valence-corrected chi connectivity index (χ4v) is 2.07. The predicted octanol–water partition coefficient (Wildman–Crippen LogP) is 3.31. The van der Waals surface area contributed by atoms with Crippen LogP contribution in [0.1, 0.15) is 13.0 Å². The molecule has 1 N–H and O–H groups in total. The number of carbonyl (C=O) groups excluding carboxylic acids is 1. The summed E-state index contributed by atoms with van der Waals surface area (Å²) in [6, 6.07) is 3.84. The lowest BCUT2D eigenvalue weighted by atomic mass is 10.2. The van der Waals surface area contributed by atoms with Gasteiger partial charge in [0.05, 0.1) is 22.1 Å². The highest BCUT2D eigenvalue weighted by Gasteiger charge is 2.25. The van der Waals surface area contributed by atoms with Crippen LogP contribution < -0.4 is 10.1 Å². The number of carbonyl (C=O) groups is 1. The lowest BCUT2D eigenvalue weighted by Crippen LogP contribution is -2.24. The van der Waals surface area contributed by atoms with Crippen LogP contribution in [0.3, 0.4) is 0 Å². The van der Waals surface area contributed by atoms with Crippen LogP contribution in [-0.4, -0.2) is 27.7 Å². The number of nitrogens with one attached hydrogen (secondary N) is 1. The Labute approximate surface area is 141 Å². The van der Waals surface area contributed by atoms with Gasteiger partial charge in [-0.25, -0.2) is 4.68 Å². The highest BCUT2D eigenvalue weighted by molar-refractivity contribution is 6.42. The van der Waals surface area contributed by atoms with Crippen LogP contribution in [0.15, 0.2) is 24.4 Å². The van der Waals surface area contributed by atoms with Crippen LogP contribution in [0.2, 0.25) is 10.0 Å². The van der Waals surface area contributed by atoms with Crippen LogP contribution in [0.25, 0.3) is 0 Å². The molecule has 1 atom stereocenters. The number of aromatic nitrogens is 2. The van der Waals surface area contributed by atoms with Gasteiger partial charge >= 0.3 is 11.6 Å². The highest BCUT2D eigenvalue weighted by atomic mass is 35.5. The van der Waals surface area contributed by atoms with Crippen LogP contribution in [-0.2, 0) is 4.79 Å². The van der Waals surface area contributed by atoms with E-state index in [9.17, 15) is 14.9 Å². The van der Waals surface area contributed by atoms with Crippen LogP contribution >= 0.6 is 23.2 Å². The van der Waals surface area contributed by atoms with E-state index in [1.807, 2.05) is 0 Å². The van der Waals surface area contributed by atoms with Gasteiger partial charge in [0.1, 0.15) is 12.2 Å². The number of benzene rings is 1. The molecule has 1 amide bonds. The maximum Gasteiger partial charge on any atom is 0.350 e. The first-order valence-corrected chi connectivity index (χ1v) is 7.12. The number of hydrogen-bond acceptors (Lipinski definition) is 5.